The van der Waals surface area contributed by atoms with Gasteiger partial charge < -0.3 is 11.1 Å². The molecule has 2 rings (SSSR count). The molecule has 0 unspecified atom stereocenters. The molecule has 0 saturated heterocycles. The van der Waals surface area contributed by atoms with E-state index in [2.05, 4.69) is 5.32 Å². The van der Waals surface area contributed by atoms with Gasteiger partial charge in [-0.2, -0.15) is 0 Å². The maximum absolute atomic E-state index is 12.2. The van der Waals surface area contributed by atoms with Crippen LogP contribution >= 0.6 is 11.6 Å². The lowest BCUT2D eigenvalue weighted by atomic mass is 10.2. The molecule has 0 radical (unpaired) electrons. The van der Waals surface area contributed by atoms with Crippen molar-refractivity contribution in [2.75, 3.05) is 5.32 Å². The average Bonchev–Trinajstić information content (AvgIpc) is 2.50. The number of nitrogens with zero attached hydrogens (tertiary/aromatic N) is 2. The molecule has 2 amide bonds. The van der Waals surface area contributed by atoms with Crippen molar-refractivity contribution in [2.24, 2.45) is 19.8 Å². The Hall–Kier alpha value is -2.87. The molecule has 1 heterocycles. The van der Waals surface area contributed by atoms with Crippen LogP contribution in [0.5, 0.6) is 0 Å². The summed E-state index contributed by atoms with van der Waals surface area (Å²) in [4.78, 5) is 47.8. The molecule has 0 fully saturated rings. The van der Waals surface area contributed by atoms with Gasteiger partial charge in [0.1, 0.15) is 11.4 Å². The molecule has 0 saturated carbocycles. The van der Waals surface area contributed by atoms with E-state index in [1.54, 1.807) is 0 Å². The number of benzene rings is 1. The molecule has 0 atom stereocenters. The molecule has 2 aromatic rings. The summed E-state index contributed by atoms with van der Waals surface area (Å²) in [6.45, 7) is 0. The second-order valence-electron chi connectivity index (χ2n) is 4.75. The van der Waals surface area contributed by atoms with Crippen LogP contribution in [0, 0.1) is 0 Å². The molecular formula is C14H13ClN4O4. The summed E-state index contributed by atoms with van der Waals surface area (Å²) in [5.41, 5.74) is 3.15. The van der Waals surface area contributed by atoms with E-state index in [0.717, 1.165) is 9.13 Å². The Morgan fingerprint density at radius 2 is 1.65 bits per heavy atom. The number of hydrogen-bond acceptors (Lipinski definition) is 4. The summed E-state index contributed by atoms with van der Waals surface area (Å²) in [5, 5.41) is 2.77. The Bertz CT molecular complexity index is 912. The fourth-order valence-electron chi connectivity index (χ4n) is 2.03. The van der Waals surface area contributed by atoms with Crippen molar-refractivity contribution >= 4 is 29.1 Å². The van der Waals surface area contributed by atoms with Crippen LogP contribution in [0.1, 0.15) is 20.8 Å². The molecule has 9 heteroatoms. The molecule has 1 aromatic heterocycles. The largest absolute Gasteiger partial charge is 0.364 e. The highest BCUT2D eigenvalue weighted by Crippen LogP contribution is 2.12. The summed E-state index contributed by atoms with van der Waals surface area (Å²) < 4.78 is 1.67. The van der Waals surface area contributed by atoms with Crippen LogP contribution in [0.15, 0.2) is 33.9 Å². The van der Waals surface area contributed by atoms with Gasteiger partial charge in [-0.3, -0.25) is 23.5 Å². The highest BCUT2D eigenvalue weighted by Gasteiger charge is 2.21. The molecule has 23 heavy (non-hydrogen) atoms. The van der Waals surface area contributed by atoms with Crippen LogP contribution in [0.4, 0.5) is 5.69 Å². The number of hydrogen-bond donors (Lipinski definition) is 2. The van der Waals surface area contributed by atoms with Crippen LogP contribution in [-0.2, 0) is 14.1 Å². The average molecular weight is 337 g/mol. The van der Waals surface area contributed by atoms with Crippen molar-refractivity contribution in [3.63, 3.8) is 0 Å². The second kappa shape index (κ2) is 6.09. The van der Waals surface area contributed by atoms with Gasteiger partial charge >= 0.3 is 5.69 Å². The smallest absolute Gasteiger partial charge is 0.331 e. The van der Waals surface area contributed by atoms with Crippen molar-refractivity contribution < 1.29 is 9.59 Å². The Labute approximate surface area is 135 Å². The van der Waals surface area contributed by atoms with Gasteiger partial charge in [0.2, 0.25) is 0 Å². The van der Waals surface area contributed by atoms with Crippen molar-refractivity contribution in [3.8, 4) is 0 Å². The third-order valence-corrected chi connectivity index (χ3v) is 3.49. The zero-order valence-corrected chi connectivity index (χ0v) is 13.0. The predicted octanol–water partition coefficient (Wildman–Crippen LogP) is 0.0886. The molecule has 3 N–H and O–H groups in total. The molecule has 8 nitrogen and oxygen atoms in total. The van der Waals surface area contributed by atoms with Gasteiger partial charge in [0.15, 0.2) is 0 Å². The molecule has 120 valence electrons. The SMILES string of the molecule is Cn1c(C(N)=O)c(NC(=O)c2ccc(Cl)cc2)c(=O)n(C)c1=O. The van der Waals surface area contributed by atoms with Gasteiger partial charge in [0.05, 0.1) is 0 Å². The van der Waals surface area contributed by atoms with Gasteiger partial charge in [-0.05, 0) is 24.3 Å². The topological polar surface area (TPSA) is 116 Å². The number of nitrogens with one attached hydrogen (secondary N) is 1. The van der Waals surface area contributed by atoms with Crippen molar-refractivity contribution in [1.82, 2.24) is 9.13 Å². The van der Waals surface area contributed by atoms with E-state index in [-0.39, 0.29) is 16.9 Å². The number of rotatable bonds is 3. The lowest BCUT2D eigenvalue weighted by Crippen LogP contribution is -2.43. The first-order valence-electron chi connectivity index (χ1n) is 6.40. The summed E-state index contributed by atoms with van der Waals surface area (Å²) >= 11 is 5.74. The van der Waals surface area contributed by atoms with Gasteiger partial charge in [-0.25, -0.2) is 4.79 Å². The maximum Gasteiger partial charge on any atom is 0.331 e. The molecule has 0 aliphatic carbocycles. The number of nitrogens with two attached hydrogens (primary N) is 1. The maximum atomic E-state index is 12.2. The molecular weight excluding hydrogens is 324 g/mol. The quantitative estimate of drug-likeness (QED) is 0.826. The monoisotopic (exact) mass is 336 g/mol. The fourth-order valence-corrected chi connectivity index (χ4v) is 2.16. The summed E-state index contributed by atoms with van der Waals surface area (Å²) in [7, 11) is 2.51. The lowest BCUT2D eigenvalue weighted by molar-refractivity contribution is 0.0991. The van der Waals surface area contributed by atoms with E-state index in [9.17, 15) is 19.2 Å². The predicted molar refractivity (Wildman–Crippen MR) is 84.8 cm³/mol. The van der Waals surface area contributed by atoms with Crippen molar-refractivity contribution in [1.29, 1.82) is 0 Å². The number of anilines is 1. The van der Waals surface area contributed by atoms with Crippen molar-refractivity contribution in [2.45, 2.75) is 0 Å². The zero-order chi connectivity index (χ0) is 17.3. The highest BCUT2D eigenvalue weighted by atomic mass is 35.5. The third kappa shape index (κ3) is 3.02. The van der Waals surface area contributed by atoms with E-state index in [1.807, 2.05) is 0 Å². The first-order chi connectivity index (χ1) is 10.7. The Kier molecular flexibility index (Phi) is 4.37. The molecule has 0 aliphatic heterocycles. The van der Waals surface area contributed by atoms with Crippen LogP contribution < -0.4 is 22.3 Å². The minimum absolute atomic E-state index is 0.223. The minimum Gasteiger partial charge on any atom is -0.364 e. The van der Waals surface area contributed by atoms with Crippen LogP contribution in [0.25, 0.3) is 0 Å². The number of halogens is 1. The van der Waals surface area contributed by atoms with Gasteiger partial charge in [0, 0.05) is 24.7 Å². The Balaban J connectivity index is 2.57. The van der Waals surface area contributed by atoms with E-state index in [4.69, 9.17) is 17.3 Å². The van der Waals surface area contributed by atoms with Gasteiger partial charge in [-0.15, -0.1) is 0 Å². The molecule has 0 bridgehead atoms. The minimum atomic E-state index is -1.01. The summed E-state index contributed by atoms with van der Waals surface area (Å²) in [6.07, 6.45) is 0. The number of amides is 2. The second-order valence-corrected chi connectivity index (χ2v) is 5.19. The van der Waals surface area contributed by atoms with Crippen LogP contribution in [-0.4, -0.2) is 20.9 Å². The fraction of sp³-hybridized carbons (Fsp3) is 0.143. The van der Waals surface area contributed by atoms with Crippen molar-refractivity contribution in [3.05, 3.63) is 61.4 Å². The van der Waals surface area contributed by atoms with Gasteiger partial charge in [0.25, 0.3) is 17.4 Å². The van der Waals surface area contributed by atoms with E-state index < -0.39 is 23.1 Å². The number of primary amides is 1. The van der Waals surface area contributed by atoms with E-state index >= 15 is 0 Å². The number of aromatic nitrogens is 2. The number of carbonyl (C=O) groups is 2. The third-order valence-electron chi connectivity index (χ3n) is 3.24. The Morgan fingerprint density at radius 1 is 1.09 bits per heavy atom. The van der Waals surface area contributed by atoms with Crippen LogP contribution in [0.2, 0.25) is 5.02 Å². The molecule has 1 aromatic carbocycles. The summed E-state index contributed by atoms with van der Waals surface area (Å²) in [6, 6.07) is 5.91. The van der Waals surface area contributed by atoms with E-state index in [0.29, 0.717) is 5.02 Å². The normalized spacial score (nSPS) is 10.4. The zero-order valence-electron chi connectivity index (χ0n) is 12.3. The van der Waals surface area contributed by atoms with E-state index in [1.165, 1.54) is 38.4 Å². The Morgan fingerprint density at radius 3 is 2.17 bits per heavy atom. The van der Waals surface area contributed by atoms with Crippen LogP contribution in [0.3, 0.4) is 0 Å². The molecule has 0 spiro atoms. The molecule has 0 aliphatic rings. The number of carbonyl (C=O) groups excluding carboxylic acids is 2. The summed E-state index contributed by atoms with van der Waals surface area (Å²) in [5.74, 6) is -1.64. The first-order valence-corrected chi connectivity index (χ1v) is 6.78. The first kappa shape index (κ1) is 16.5. The standard InChI is InChI=1S/C14H13ClN4O4/c1-18-10(11(16)20)9(13(22)19(2)14(18)23)17-12(21)7-3-5-8(15)6-4-7/h3-6H,1-2H3,(H2,16,20)(H,17,21). The van der Waals surface area contributed by atoms with Gasteiger partial charge in [-0.1, -0.05) is 11.6 Å². The highest BCUT2D eigenvalue weighted by molar-refractivity contribution is 6.30. The lowest BCUT2D eigenvalue weighted by Gasteiger charge is -2.13.